The molecule has 0 aliphatic carbocycles. The van der Waals surface area contributed by atoms with E-state index < -0.39 is 11.2 Å². The van der Waals surface area contributed by atoms with Crippen LogP contribution in [-0.4, -0.2) is 47.0 Å². The molecule has 1 aromatic carbocycles. The average molecular weight is 374 g/mol. The number of hydrogen-bond acceptors (Lipinski definition) is 5. The lowest BCUT2D eigenvalue weighted by Crippen LogP contribution is -2.52. The SMILES string of the molecule is CC(=O)Nc1ccc2c(c1)C(=O)CC1(CCN(C(=O)OC(C)(C)C)CC1)O2. The molecular weight excluding hydrogens is 348 g/mol. The van der Waals surface area contributed by atoms with Crippen molar-refractivity contribution >= 4 is 23.5 Å². The van der Waals surface area contributed by atoms with Crippen molar-refractivity contribution in [3.05, 3.63) is 23.8 Å². The first-order valence-corrected chi connectivity index (χ1v) is 9.19. The molecule has 0 saturated carbocycles. The Labute approximate surface area is 159 Å². The molecule has 7 nitrogen and oxygen atoms in total. The molecule has 2 aliphatic rings. The van der Waals surface area contributed by atoms with E-state index in [-0.39, 0.29) is 24.2 Å². The van der Waals surface area contributed by atoms with E-state index in [0.29, 0.717) is 42.9 Å². The summed E-state index contributed by atoms with van der Waals surface area (Å²) in [4.78, 5) is 37.8. The maximum absolute atomic E-state index is 12.7. The fourth-order valence-corrected chi connectivity index (χ4v) is 3.48. The second-order valence-corrected chi connectivity index (χ2v) is 8.24. The summed E-state index contributed by atoms with van der Waals surface area (Å²) >= 11 is 0. The van der Waals surface area contributed by atoms with Gasteiger partial charge < -0.3 is 19.7 Å². The fraction of sp³-hybridized carbons (Fsp3) is 0.550. The summed E-state index contributed by atoms with van der Waals surface area (Å²) in [5.74, 6) is 0.338. The predicted octanol–water partition coefficient (Wildman–Crippen LogP) is 3.38. The number of carbonyl (C=O) groups excluding carboxylic acids is 3. The summed E-state index contributed by atoms with van der Waals surface area (Å²) in [6.45, 7) is 7.91. The number of anilines is 1. The molecule has 3 rings (SSSR count). The number of Topliss-reactive ketones (excluding diaryl/α,β-unsaturated/α-hetero) is 1. The molecule has 1 fully saturated rings. The van der Waals surface area contributed by atoms with Crippen molar-refractivity contribution in [3.8, 4) is 5.75 Å². The van der Waals surface area contributed by atoms with Crippen LogP contribution in [0.1, 0.15) is 57.3 Å². The third-order valence-electron chi connectivity index (χ3n) is 4.74. The zero-order valence-corrected chi connectivity index (χ0v) is 16.3. The van der Waals surface area contributed by atoms with Gasteiger partial charge in [0.05, 0.1) is 12.0 Å². The van der Waals surface area contributed by atoms with Gasteiger partial charge >= 0.3 is 6.09 Å². The van der Waals surface area contributed by atoms with Crippen molar-refractivity contribution in [2.45, 2.75) is 58.2 Å². The number of nitrogens with zero attached hydrogens (tertiary/aromatic N) is 1. The smallest absolute Gasteiger partial charge is 0.410 e. The number of rotatable bonds is 1. The molecule has 27 heavy (non-hydrogen) atoms. The molecule has 0 radical (unpaired) electrons. The van der Waals surface area contributed by atoms with Crippen molar-refractivity contribution in [1.82, 2.24) is 4.90 Å². The van der Waals surface area contributed by atoms with Crippen molar-refractivity contribution in [2.75, 3.05) is 18.4 Å². The Hall–Kier alpha value is -2.57. The van der Waals surface area contributed by atoms with Crippen molar-refractivity contribution in [1.29, 1.82) is 0 Å². The van der Waals surface area contributed by atoms with E-state index in [9.17, 15) is 14.4 Å². The van der Waals surface area contributed by atoms with E-state index >= 15 is 0 Å². The van der Waals surface area contributed by atoms with Crippen LogP contribution in [0.4, 0.5) is 10.5 Å². The number of piperidine rings is 1. The van der Waals surface area contributed by atoms with Crippen LogP contribution in [0.3, 0.4) is 0 Å². The largest absolute Gasteiger partial charge is 0.486 e. The summed E-state index contributed by atoms with van der Waals surface area (Å²) in [6, 6.07) is 5.10. The Morgan fingerprint density at radius 2 is 1.89 bits per heavy atom. The first-order valence-electron chi connectivity index (χ1n) is 9.19. The van der Waals surface area contributed by atoms with Crippen molar-refractivity contribution < 1.29 is 23.9 Å². The highest BCUT2D eigenvalue weighted by Crippen LogP contribution is 2.40. The minimum Gasteiger partial charge on any atom is -0.486 e. The zero-order chi connectivity index (χ0) is 19.8. The van der Waals surface area contributed by atoms with E-state index in [2.05, 4.69) is 5.32 Å². The quantitative estimate of drug-likeness (QED) is 0.814. The molecule has 1 N–H and O–H groups in total. The normalized spacial score (nSPS) is 18.5. The number of ether oxygens (including phenoxy) is 2. The molecule has 0 aromatic heterocycles. The number of carbonyl (C=O) groups is 3. The second-order valence-electron chi connectivity index (χ2n) is 8.24. The highest BCUT2D eigenvalue weighted by molar-refractivity contribution is 6.02. The Balaban J connectivity index is 1.69. The van der Waals surface area contributed by atoms with E-state index in [1.807, 2.05) is 20.8 Å². The maximum atomic E-state index is 12.7. The first-order chi connectivity index (χ1) is 12.6. The highest BCUT2D eigenvalue weighted by atomic mass is 16.6. The number of amides is 2. The second kappa shape index (κ2) is 6.87. The third kappa shape index (κ3) is 4.40. The van der Waals surface area contributed by atoms with Gasteiger partial charge in [0, 0.05) is 38.5 Å². The predicted molar refractivity (Wildman–Crippen MR) is 100 cm³/mol. The summed E-state index contributed by atoms with van der Waals surface area (Å²) in [6.07, 6.45) is 1.08. The topological polar surface area (TPSA) is 84.9 Å². The van der Waals surface area contributed by atoms with Crippen LogP contribution in [0.2, 0.25) is 0 Å². The molecule has 146 valence electrons. The molecular formula is C20H26N2O5. The lowest BCUT2D eigenvalue weighted by atomic mass is 9.82. The molecule has 7 heteroatoms. The number of hydrogen-bond donors (Lipinski definition) is 1. The van der Waals surface area contributed by atoms with E-state index in [0.717, 1.165) is 0 Å². The van der Waals surface area contributed by atoms with Crippen LogP contribution in [0.5, 0.6) is 5.75 Å². The first kappa shape index (κ1) is 19.2. The van der Waals surface area contributed by atoms with Crippen molar-refractivity contribution in [2.24, 2.45) is 0 Å². The van der Waals surface area contributed by atoms with E-state index in [1.165, 1.54) is 6.92 Å². The molecule has 0 atom stereocenters. The molecule has 0 bridgehead atoms. The number of fused-ring (bicyclic) bond motifs is 1. The standard InChI is InChI=1S/C20H26N2O5/c1-13(23)21-14-5-6-17-15(11-14)16(24)12-20(26-17)7-9-22(10-8-20)18(25)27-19(2,3)4/h5-6,11H,7-10,12H2,1-4H3,(H,21,23). The number of benzene rings is 1. The maximum Gasteiger partial charge on any atom is 0.410 e. The van der Waals surface area contributed by atoms with Crippen LogP contribution in [0.15, 0.2) is 18.2 Å². The number of ketones is 1. The summed E-state index contributed by atoms with van der Waals surface area (Å²) in [5.41, 5.74) is -0.0537. The van der Waals surface area contributed by atoms with Gasteiger partial charge in [-0.15, -0.1) is 0 Å². The molecule has 1 aromatic rings. The van der Waals surface area contributed by atoms with Gasteiger partial charge in [-0.25, -0.2) is 4.79 Å². The van der Waals surface area contributed by atoms with Gasteiger partial charge in [0.1, 0.15) is 17.0 Å². The Kier molecular flexibility index (Phi) is 4.88. The fourth-order valence-electron chi connectivity index (χ4n) is 3.48. The number of nitrogens with one attached hydrogen (secondary N) is 1. The molecule has 1 saturated heterocycles. The lowest BCUT2D eigenvalue weighted by molar-refractivity contribution is -0.114. The summed E-state index contributed by atoms with van der Waals surface area (Å²) < 4.78 is 11.6. The van der Waals surface area contributed by atoms with Gasteiger partial charge in [0.15, 0.2) is 5.78 Å². The lowest BCUT2D eigenvalue weighted by Gasteiger charge is -2.44. The third-order valence-corrected chi connectivity index (χ3v) is 4.74. The Bertz CT molecular complexity index is 773. The van der Waals surface area contributed by atoms with Crippen LogP contribution >= 0.6 is 0 Å². The van der Waals surface area contributed by atoms with Crippen LogP contribution in [0, 0.1) is 0 Å². The van der Waals surface area contributed by atoms with Gasteiger partial charge in [-0.2, -0.15) is 0 Å². The van der Waals surface area contributed by atoms with Gasteiger partial charge in [0.2, 0.25) is 5.91 Å². The molecule has 1 spiro atoms. The molecule has 0 unspecified atom stereocenters. The van der Waals surface area contributed by atoms with Crippen LogP contribution in [0.25, 0.3) is 0 Å². The van der Waals surface area contributed by atoms with Gasteiger partial charge in [-0.05, 0) is 39.0 Å². The summed E-state index contributed by atoms with van der Waals surface area (Å²) in [7, 11) is 0. The zero-order valence-electron chi connectivity index (χ0n) is 16.3. The summed E-state index contributed by atoms with van der Waals surface area (Å²) in [5, 5.41) is 2.68. The van der Waals surface area contributed by atoms with Crippen LogP contribution in [-0.2, 0) is 9.53 Å². The van der Waals surface area contributed by atoms with E-state index in [4.69, 9.17) is 9.47 Å². The Morgan fingerprint density at radius 1 is 1.22 bits per heavy atom. The van der Waals surface area contributed by atoms with Crippen molar-refractivity contribution in [3.63, 3.8) is 0 Å². The Morgan fingerprint density at radius 3 is 2.48 bits per heavy atom. The van der Waals surface area contributed by atoms with Gasteiger partial charge in [-0.1, -0.05) is 0 Å². The number of likely N-dealkylation sites (tertiary alicyclic amines) is 1. The van der Waals surface area contributed by atoms with Gasteiger partial charge in [-0.3, -0.25) is 9.59 Å². The monoisotopic (exact) mass is 374 g/mol. The molecule has 2 heterocycles. The molecule has 2 amide bonds. The highest BCUT2D eigenvalue weighted by Gasteiger charge is 2.44. The van der Waals surface area contributed by atoms with E-state index in [1.54, 1.807) is 23.1 Å². The van der Waals surface area contributed by atoms with Gasteiger partial charge in [0.25, 0.3) is 0 Å². The molecule has 2 aliphatic heterocycles. The minimum absolute atomic E-state index is 0.00540. The van der Waals surface area contributed by atoms with Crippen LogP contribution < -0.4 is 10.1 Å². The minimum atomic E-state index is -0.585. The average Bonchev–Trinajstić information content (AvgIpc) is 2.54.